The number of para-hydroxylation sites is 1. The monoisotopic (exact) mass is 255 g/mol. The molecule has 0 aromatic heterocycles. The van der Waals surface area contributed by atoms with Gasteiger partial charge in [0.2, 0.25) is 0 Å². The molecule has 0 amide bonds. The summed E-state index contributed by atoms with van der Waals surface area (Å²) in [6.07, 6.45) is 0.961. The fourth-order valence-corrected chi connectivity index (χ4v) is 2.32. The van der Waals surface area contributed by atoms with Crippen LogP contribution >= 0.6 is 11.6 Å². The summed E-state index contributed by atoms with van der Waals surface area (Å²) in [5, 5.41) is 14.7. The molecular weight excluding hydrogens is 242 g/mol. The van der Waals surface area contributed by atoms with Crippen molar-refractivity contribution in [1.29, 1.82) is 0 Å². The van der Waals surface area contributed by atoms with Crippen LogP contribution in [0.5, 0.6) is 0 Å². The molecule has 1 aromatic carbocycles. The fraction of sp³-hybridized carbons (Fsp3) is 0.455. The molecule has 1 aliphatic heterocycles. The quantitative estimate of drug-likeness (QED) is 0.649. The minimum absolute atomic E-state index is 0.0828. The number of nitrogens with one attached hydrogen (secondary N) is 1. The zero-order valence-corrected chi connectivity index (χ0v) is 10.1. The van der Waals surface area contributed by atoms with E-state index in [0.717, 1.165) is 32.6 Å². The van der Waals surface area contributed by atoms with Crippen molar-refractivity contribution < 1.29 is 4.92 Å². The highest BCUT2D eigenvalue weighted by Gasteiger charge is 2.22. The molecule has 2 rings (SSSR count). The van der Waals surface area contributed by atoms with E-state index in [4.69, 9.17) is 11.6 Å². The number of hydrogen-bond donors (Lipinski definition) is 1. The van der Waals surface area contributed by atoms with Crippen LogP contribution in [-0.4, -0.2) is 31.1 Å². The van der Waals surface area contributed by atoms with Crippen molar-refractivity contribution in [2.24, 2.45) is 0 Å². The van der Waals surface area contributed by atoms with Gasteiger partial charge in [0.1, 0.15) is 5.69 Å². The van der Waals surface area contributed by atoms with E-state index in [1.54, 1.807) is 12.1 Å². The van der Waals surface area contributed by atoms with Crippen molar-refractivity contribution in [3.05, 3.63) is 33.3 Å². The Morgan fingerprint density at radius 3 is 2.94 bits per heavy atom. The third-order valence-electron chi connectivity index (χ3n) is 2.82. The molecule has 0 atom stereocenters. The van der Waals surface area contributed by atoms with Gasteiger partial charge in [-0.2, -0.15) is 0 Å². The Morgan fingerprint density at radius 2 is 2.18 bits per heavy atom. The van der Waals surface area contributed by atoms with Gasteiger partial charge in [0, 0.05) is 25.7 Å². The molecule has 6 heteroatoms. The molecule has 92 valence electrons. The summed E-state index contributed by atoms with van der Waals surface area (Å²) in [5.74, 6) is 0. The van der Waals surface area contributed by atoms with Gasteiger partial charge < -0.3 is 10.2 Å². The molecule has 1 fully saturated rings. The van der Waals surface area contributed by atoms with E-state index >= 15 is 0 Å². The van der Waals surface area contributed by atoms with Crippen molar-refractivity contribution in [2.45, 2.75) is 6.42 Å². The van der Waals surface area contributed by atoms with Crippen molar-refractivity contribution >= 4 is 23.0 Å². The lowest BCUT2D eigenvalue weighted by Crippen LogP contribution is -2.28. The summed E-state index contributed by atoms with van der Waals surface area (Å²) < 4.78 is 0. The minimum Gasteiger partial charge on any atom is -0.363 e. The number of nitro groups is 1. The average molecular weight is 256 g/mol. The topological polar surface area (TPSA) is 58.4 Å². The Balaban J connectivity index is 2.37. The number of rotatable bonds is 2. The summed E-state index contributed by atoms with van der Waals surface area (Å²) in [5.41, 5.74) is 0.627. The largest absolute Gasteiger partial charge is 0.363 e. The second kappa shape index (κ2) is 5.33. The first-order valence-electron chi connectivity index (χ1n) is 5.58. The van der Waals surface area contributed by atoms with E-state index in [1.165, 1.54) is 6.07 Å². The van der Waals surface area contributed by atoms with E-state index in [9.17, 15) is 10.1 Å². The van der Waals surface area contributed by atoms with Crippen LogP contribution in [0, 0.1) is 10.1 Å². The molecule has 0 saturated carbocycles. The maximum absolute atomic E-state index is 11.0. The number of halogens is 1. The molecule has 5 nitrogen and oxygen atoms in total. The summed E-state index contributed by atoms with van der Waals surface area (Å²) in [4.78, 5) is 12.6. The summed E-state index contributed by atoms with van der Waals surface area (Å²) in [7, 11) is 0. The Hall–Kier alpha value is -1.33. The van der Waals surface area contributed by atoms with Crippen LogP contribution in [-0.2, 0) is 0 Å². The molecule has 1 N–H and O–H groups in total. The van der Waals surface area contributed by atoms with Gasteiger partial charge in [0.05, 0.1) is 9.95 Å². The highest BCUT2D eigenvalue weighted by Crippen LogP contribution is 2.35. The van der Waals surface area contributed by atoms with E-state index in [0.29, 0.717) is 10.7 Å². The maximum Gasteiger partial charge on any atom is 0.294 e. The number of hydrogen-bond acceptors (Lipinski definition) is 4. The molecular formula is C11H14ClN3O2. The Morgan fingerprint density at radius 1 is 1.35 bits per heavy atom. The molecule has 1 aliphatic rings. The second-order valence-electron chi connectivity index (χ2n) is 3.96. The zero-order valence-electron chi connectivity index (χ0n) is 9.36. The lowest BCUT2D eigenvalue weighted by atomic mass is 10.2. The zero-order chi connectivity index (χ0) is 12.3. The average Bonchev–Trinajstić information content (AvgIpc) is 2.57. The summed E-state index contributed by atoms with van der Waals surface area (Å²) >= 11 is 6.09. The molecule has 0 radical (unpaired) electrons. The van der Waals surface area contributed by atoms with Crippen LogP contribution in [0.4, 0.5) is 11.4 Å². The lowest BCUT2D eigenvalue weighted by Gasteiger charge is -2.22. The highest BCUT2D eigenvalue weighted by molar-refractivity contribution is 6.33. The first-order chi connectivity index (χ1) is 8.20. The predicted molar refractivity (Wildman–Crippen MR) is 67.8 cm³/mol. The summed E-state index contributed by atoms with van der Waals surface area (Å²) in [6.45, 7) is 3.29. The molecule has 0 aliphatic carbocycles. The van der Waals surface area contributed by atoms with Gasteiger partial charge in [-0.15, -0.1) is 0 Å². The highest BCUT2D eigenvalue weighted by atomic mass is 35.5. The van der Waals surface area contributed by atoms with Crippen LogP contribution in [0.3, 0.4) is 0 Å². The smallest absolute Gasteiger partial charge is 0.294 e. The van der Waals surface area contributed by atoms with Gasteiger partial charge >= 0.3 is 0 Å². The SMILES string of the molecule is O=[N+]([O-])c1cccc(Cl)c1N1CCCNCC1. The van der Waals surface area contributed by atoms with E-state index in [1.807, 2.05) is 4.90 Å². The van der Waals surface area contributed by atoms with Crippen molar-refractivity contribution in [2.75, 3.05) is 31.1 Å². The molecule has 1 aromatic rings. The molecule has 1 saturated heterocycles. The first-order valence-corrected chi connectivity index (χ1v) is 5.96. The van der Waals surface area contributed by atoms with Gasteiger partial charge in [-0.3, -0.25) is 10.1 Å². The van der Waals surface area contributed by atoms with Crippen LogP contribution < -0.4 is 10.2 Å². The second-order valence-corrected chi connectivity index (χ2v) is 4.36. The molecule has 0 unspecified atom stereocenters. The number of nitrogens with zero attached hydrogens (tertiary/aromatic N) is 2. The molecule has 0 spiro atoms. The van der Waals surface area contributed by atoms with E-state index in [2.05, 4.69) is 5.32 Å². The standard InChI is InChI=1S/C11H14ClN3O2/c12-9-3-1-4-10(15(16)17)11(9)14-7-2-5-13-6-8-14/h1,3-4,13H,2,5-8H2. The molecule has 1 heterocycles. The Labute approximate surface area is 105 Å². The first kappa shape index (κ1) is 12.1. The van der Waals surface area contributed by atoms with Gasteiger partial charge in [0.25, 0.3) is 5.69 Å². The lowest BCUT2D eigenvalue weighted by molar-refractivity contribution is -0.384. The normalized spacial score (nSPS) is 16.6. The van der Waals surface area contributed by atoms with Gasteiger partial charge in [-0.1, -0.05) is 17.7 Å². The van der Waals surface area contributed by atoms with Gasteiger partial charge in [-0.25, -0.2) is 0 Å². The summed E-state index contributed by atoms with van der Waals surface area (Å²) in [6, 6.07) is 4.81. The Bertz CT molecular complexity index is 417. The van der Waals surface area contributed by atoms with Crippen LogP contribution in [0.25, 0.3) is 0 Å². The van der Waals surface area contributed by atoms with Crippen molar-refractivity contribution in [3.63, 3.8) is 0 Å². The van der Waals surface area contributed by atoms with Crippen LogP contribution in [0.2, 0.25) is 5.02 Å². The number of benzene rings is 1. The van der Waals surface area contributed by atoms with Crippen molar-refractivity contribution in [1.82, 2.24) is 5.32 Å². The van der Waals surface area contributed by atoms with Gasteiger partial charge in [0.15, 0.2) is 0 Å². The van der Waals surface area contributed by atoms with Crippen molar-refractivity contribution in [3.8, 4) is 0 Å². The number of anilines is 1. The Kier molecular flexibility index (Phi) is 3.81. The molecule has 17 heavy (non-hydrogen) atoms. The third-order valence-corrected chi connectivity index (χ3v) is 3.12. The van der Waals surface area contributed by atoms with Gasteiger partial charge in [-0.05, 0) is 19.0 Å². The predicted octanol–water partition coefficient (Wildman–Crippen LogP) is 2.05. The van der Waals surface area contributed by atoms with Crippen LogP contribution in [0.1, 0.15) is 6.42 Å². The number of nitro benzene ring substituents is 1. The maximum atomic E-state index is 11.0. The fourth-order valence-electron chi connectivity index (χ4n) is 2.03. The third kappa shape index (κ3) is 2.68. The molecule has 0 bridgehead atoms. The van der Waals surface area contributed by atoms with E-state index in [-0.39, 0.29) is 10.6 Å². The van der Waals surface area contributed by atoms with Crippen LogP contribution in [0.15, 0.2) is 18.2 Å². The minimum atomic E-state index is -0.375. The van der Waals surface area contributed by atoms with E-state index < -0.39 is 0 Å².